The van der Waals surface area contributed by atoms with Crippen LogP contribution in [0.15, 0.2) is 12.1 Å². The molecule has 0 aromatic heterocycles. The highest BCUT2D eigenvalue weighted by atomic mass is 16.5. The molecule has 0 fully saturated rings. The molecule has 94 valence electrons. The number of nitrogen functional groups attached to an aromatic ring is 1. The Kier molecular flexibility index (Phi) is 3.89. The highest BCUT2D eigenvalue weighted by Crippen LogP contribution is 2.30. The van der Waals surface area contributed by atoms with Gasteiger partial charge in [0.05, 0.1) is 5.69 Å². The van der Waals surface area contributed by atoms with Crippen molar-refractivity contribution in [2.45, 2.75) is 25.7 Å². The number of ether oxygens (including phenoxy) is 1. The van der Waals surface area contributed by atoms with Crippen LogP contribution in [0.5, 0.6) is 5.75 Å². The van der Waals surface area contributed by atoms with Gasteiger partial charge in [-0.25, -0.2) is 0 Å². The first kappa shape index (κ1) is 12.2. The van der Waals surface area contributed by atoms with Gasteiger partial charge in [-0.2, -0.15) is 0 Å². The van der Waals surface area contributed by atoms with Crippen molar-refractivity contribution in [1.29, 1.82) is 0 Å². The zero-order valence-electron chi connectivity index (χ0n) is 10.8. The van der Waals surface area contributed by atoms with E-state index in [1.807, 2.05) is 14.1 Å². The molecule has 0 bridgehead atoms. The third-order valence-electron chi connectivity index (χ3n) is 3.27. The molecule has 0 heterocycles. The molecule has 1 aliphatic carbocycles. The molecule has 0 saturated heterocycles. The summed E-state index contributed by atoms with van der Waals surface area (Å²) in [5, 5.41) is 0. The monoisotopic (exact) mass is 234 g/mol. The number of nitrogens with two attached hydrogens (primary N) is 1. The van der Waals surface area contributed by atoms with E-state index in [2.05, 4.69) is 17.0 Å². The summed E-state index contributed by atoms with van der Waals surface area (Å²) in [6.45, 7) is 1.60. The van der Waals surface area contributed by atoms with Crippen molar-refractivity contribution in [3.8, 4) is 5.75 Å². The first-order chi connectivity index (χ1) is 8.16. The van der Waals surface area contributed by atoms with Crippen molar-refractivity contribution in [1.82, 2.24) is 4.90 Å². The smallest absolute Gasteiger partial charge is 0.142 e. The van der Waals surface area contributed by atoms with Crippen molar-refractivity contribution >= 4 is 5.69 Å². The summed E-state index contributed by atoms with van der Waals surface area (Å²) in [6, 6.07) is 4.24. The Balaban J connectivity index is 2.06. The lowest BCUT2D eigenvalue weighted by Gasteiger charge is -2.19. The molecule has 0 saturated carbocycles. The molecule has 1 aromatic rings. The summed E-state index contributed by atoms with van der Waals surface area (Å²) in [7, 11) is 4.08. The van der Waals surface area contributed by atoms with E-state index in [9.17, 15) is 0 Å². The first-order valence-electron chi connectivity index (χ1n) is 6.35. The topological polar surface area (TPSA) is 38.5 Å². The summed E-state index contributed by atoms with van der Waals surface area (Å²) >= 11 is 0. The van der Waals surface area contributed by atoms with Crippen LogP contribution in [0, 0.1) is 0 Å². The van der Waals surface area contributed by atoms with Crippen LogP contribution in [0.2, 0.25) is 0 Å². The Hall–Kier alpha value is -1.22. The predicted octanol–water partition coefficient (Wildman–Crippen LogP) is 2.09. The lowest BCUT2D eigenvalue weighted by molar-refractivity contribution is 0.262. The summed E-state index contributed by atoms with van der Waals surface area (Å²) in [4.78, 5) is 2.11. The Morgan fingerprint density at radius 1 is 1.18 bits per heavy atom. The second-order valence-corrected chi connectivity index (χ2v) is 5.02. The zero-order chi connectivity index (χ0) is 12.3. The minimum Gasteiger partial charge on any atom is -0.490 e. The van der Waals surface area contributed by atoms with Crippen LogP contribution < -0.4 is 10.5 Å². The normalized spacial score (nSPS) is 14.8. The lowest BCUT2D eigenvalue weighted by Crippen LogP contribution is -2.20. The van der Waals surface area contributed by atoms with Gasteiger partial charge in [-0.3, -0.25) is 0 Å². The van der Waals surface area contributed by atoms with Gasteiger partial charge < -0.3 is 15.4 Å². The van der Waals surface area contributed by atoms with Gasteiger partial charge in [0.25, 0.3) is 0 Å². The molecule has 0 radical (unpaired) electrons. The molecule has 2 rings (SSSR count). The van der Waals surface area contributed by atoms with Gasteiger partial charge >= 0.3 is 0 Å². The maximum atomic E-state index is 6.02. The standard InChI is InChI=1S/C14H22N2O/c1-16(2)7-8-17-14-10-12-6-4-3-5-11(12)9-13(14)15/h9-10H,3-8,15H2,1-2H3. The Labute approximate surface area is 104 Å². The summed E-state index contributed by atoms with van der Waals surface area (Å²) in [6.07, 6.45) is 4.90. The van der Waals surface area contributed by atoms with E-state index in [4.69, 9.17) is 10.5 Å². The molecule has 0 spiro atoms. The fourth-order valence-corrected chi connectivity index (χ4v) is 2.25. The number of rotatable bonds is 4. The molecule has 0 amide bonds. The molecule has 2 N–H and O–H groups in total. The average molecular weight is 234 g/mol. The van der Waals surface area contributed by atoms with E-state index in [1.54, 1.807) is 0 Å². The van der Waals surface area contributed by atoms with E-state index in [1.165, 1.54) is 30.4 Å². The molecular formula is C14H22N2O. The van der Waals surface area contributed by atoms with Crippen LogP contribution in [0.3, 0.4) is 0 Å². The van der Waals surface area contributed by atoms with Crippen LogP contribution in [0.25, 0.3) is 0 Å². The third-order valence-corrected chi connectivity index (χ3v) is 3.27. The van der Waals surface area contributed by atoms with Crippen molar-refractivity contribution in [3.05, 3.63) is 23.3 Å². The second-order valence-electron chi connectivity index (χ2n) is 5.02. The summed E-state index contributed by atoms with van der Waals surface area (Å²) < 4.78 is 5.75. The molecule has 3 nitrogen and oxygen atoms in total. The number of hydrogen-bond acceptors (Lipinski definition) is 3. The van der Waals surface area contributed by atoms with E-state index in [-0.39, 0.29) is 0 Å². The van der Waals surface area contributed by atoms with Crippen LogP contribution >= 0.6 is 0 Å². The molecule has 0 atom stereocenters. The number of benzene rings is 1. The lowest BCUT2D eigenvalue weighted by atomic mass is 9.91. The van der Waals surface area contributed by atoms with E-state index in [0.29, 0.717) is 6.61 Å². The highest BCUT2D eigenvalue weighted by molar-refractivity contribution is 5.57. The van der Waals surface area contributed by atoms with Crippen LogP contribution in [0.4, 0.5) is 5.69 Å². The predicted molar refractivity (Wildman–Crippen MR) is 71.5 cm³/mol. The second kappa shape index (κ2) is 5.41. The van der Waals surface area contributed by atoms with Gasteiger partial charge in [0, 0.05) is 6.54 Å². The fourth-order valence-electron chi connectivity index (χ4n) is 2.25. The van der Waals surface area contributed by atoms with Crippen molar-refractivity contribution in [2.75, 3.05) is 33.0 Å². The Morgan fingerprint density at radius 2 is 1.82 bits per heavy atom. The zero-order valence-corrected chi connectivity index (χ0v) is 10.8. The molecular weight excluding hydrogens is 212 g/mol. The summed E-state index contributed by atoms with van der Waals surface area (Å²) in [5.41, 5.74) is 9.64. The molecule has 3 heteroatoms. The van der Waals surface area contributed by atoms with E-state index in [0.717, 1.165) is 24.4 Å². The third kappa shape index (κ3) is 3.13. The Bertz CT molecular complexity index is 388. The maximum Gasteiger partial charge on any atom is 0.142 e. The van der Waals surface area contributed by atoms with Gasteiger partial charge in [-0.1, -0.05) is 0 Å². The quantitative estimate of drug-likeness (QED) is 0.811. The number of fused-ring (bicyclic) bond motifs is 1. The molecule has 0 aliphatic heterocycles. The minimum atomic E-state index is 0.690. The number of likely N-dealkylation sites (N-methyl/N-ethyl adjacent to an activating group) is 1. The van der Waals surface area contributed by atoms with E-state index >= 15 is 0 Å². The van der Waals surface area contributed by atoms with Crippen LogP contribution in [0.1, 0.15) is 24.0 Å². The van der Waals surface area contributed by atoms with Gasteiger partial charge in [0.1, 0.15) is 12.4 Å². The average Bonchev–Trinajstić information content (AvgIpc) is 2.29. The van der Waals surface area contributed by atoms with Crippen molar-refractivity contribution in [2.24, 2.45) is 0 Å². The Morgan fingerprint density at radius 3 is 2.47 bits per heavy atom. The minimum absolute atomic E-state index is 0.690. The van der Waals surface area contributed by atoms with Crippen LogP contribution in [-0.2, 0) is 12.8 Å². The van der Waals surface area contributed by atoms with E-state index < -0.39 is 0 Å². The summed E-state index contributed by atoms with van der Waals surface area (Å²) in [5.74, 6) is 0.854. The fraction of sp³-hybridized carbons (Fsp3) is 0.571. The number of aryl methyl sites for hydroxylation is 2. The van der Waals surface area contributed by atoms with Crippen molar-refractivity contribution in [3.63, 3.8) is 0 Å². The van der Waals surface area contributed by atoms with Gasteiger partial charge in [0.2, 0.25) is 0 Å². The van der Waals surface area contributed by atoms with Gasteiger partial charge in [-0.15, -0.1) is 0 Å². The largest absolute Gasteiger partial charge is 0.490 e. The first-order valence-corrected chi connectivity index (χ1v) is 6.35. The van der Waals surface area contributed by atoms with Crippen LogP contribution in [-0.4, -0.2) is 32.1 Å². The molecule has 1 aliphatic rings. The van der Waals surface area contributed by atoms with Gasteiger partial charge in [-0.05, 0) is 63.0 Å². The van der Waals surface area contributed by atoms with Crippen molar-refractivity contribution < 1.29 is 4.74 Å². The van der Waals surface area contributed by atoms with Gasteiger partial charge in [0.15, 0.2) is 0 Å². The highest BCUT2D eigenvalue weighted by Gasteiger charge is 2.12. The maximum absolute atomic E-state index is 6.02. The molecule has 0 unspecified atom stereocenters. The number of nitrogens with zero attached hydrogens (tertiary/aromatic N) is 1. The SMILES string of the molecule is CN(C)CCOc1cc2c(cc1N)CCCC2. The number of anilines is 1. The molecule has 1 aromatic carbocycles. The number of hydrogen-bond donors (Lipinski definition) is 1. The molecule has 17 heavy (non-hydrogen) atoms.